The normalized spacial score (nSPS) is 9.69. The van der Waals surface area contributed by atoms with Gasteiger partial charge in [-0.3, -0.25) is 0 Å². The molecule has 16 heavy (non-hydrogen) atoms. The van der Waals surface area contributed by atoms with Crippen LogP contribution in [-0.2, 0) is 11.3 Å². The van der Waals surface area contributed by atoms with Crippen molar-refractivity contribution < 1.29 is 9.47 Å². The topological polar surface area (TPSA) is 30.8 Å². The van der Waals surface area contributed by atoms with Gasteiger partial charge in [0, 0.05) is 12.7 Å². The van der Waals surface area contributed by atoms with Crippen LogP contribution in [0.1, 0.15) is 12.5 Å². The highest BCUT2D eigenvalue weighted by atomic mass is 35.5. The molecule has 0 aliphatic heterocycles. The fraction of sp³-hybridized carbons (Fsp3) is 0.364. The summed E-state index contributed by atoms with van der Waals surface area (Å²) in [6, 6.07) is 3.50. The molecular weight excluding hydrogens is 246 g/mol. The molecule has 1 rings (SSSR count). The number of aliphatic imine (C=N–C) groups is 1. The van der Waals surface area contributed by atoms with Crippen LogP contribution in [0.25, 0.3) is 0 Å². The van der Waals surface area contributed by atoms with Crippen LogP contribution in [0.3, 0.4) is 0 Å². The first-order chi connectivity index (χ1) is 7.72. The molecule has 0 heterocycles. The Morgan fingerprint density at radius 2 is 2.25 bits per heavy atom. The van der Waals surface area contributed by atoms with E-state index in [-0.39, 0.29) is 0 Å². The van der Waals surface area contributed by atoms with E-state index in [1.165, 1.54) is 0 Å². The van der Waals surface area contributed by atoms with Gasteiger partial charge in [0.05, 0.1) is 29.1 Å². The van der Waals surface area contributed by atoms with Crippen molar-refractivity contribution >= 4 is 34.7 Å². The fourth-order valence-electron chi connectivity index (χ4n) is 1.32. The summed E-state index contributed by atoms with van der Waals surface area (Å²) in [6.45, 7) is 2.86. The van der Waals surface area contributed by atoms with Crippen LogP contribution in [0.15, 0.2) is 17.1 Å². The lowest BCUT2D eigenvalue weighted by atomic mass is 10.2. The molecule has 0 unspecified atom stereocenters. The smallest absolute Gasteiger partial charge is 0.143 e. The lowest BCUT2D eigenvalue weighted by Crippen LogP contribution is -1.98. The Morgan fingerprint density at radius 1 is 1.50 bits per heavy atom. The molecule has 0 aliphatic rings. The van der Waals surface area contributed by atoms with Crippen LogP contribution in [-0.4, -0.2) is 18.9 Å². The van der Waals surface area contributed by atoms with E-state index in [9.17, 15) is 0 Å². The van der Waals surface area contributed by atoms with E-state index in [1.807, 2.05) is 13.0 Å². The summed E-state index contributed by atoms with van der Waals surface area (Å²) in [4.78, 5) is 3.88. The largest absolute Gasteiger partial charge is 0.492 e. The standard InChI is InChI=1S/C11H12ClNO2S/c1-3-15-11-8(6-14-2)4-9(13-7-16)5-10(11)12/h4-5H,3,6H2,1-2H3. The van der Waals surface area contributed by atoms with E-state index in [0.29, 0.717) is 29.7 Å². The number of hydrogen-bond acceptors (Lipinski definition) is 4. The van der Waals surface area contributed by atoms with E-state index >= 15 is 0 Å². The lowest BCUT2D eigenvalue weighted by molar-refractivity contribution is 0.180. The van der Waals surface area contributed by atoms with Gasteiger partial charge >= 0.3 is 0 Å². The maximum atomic E-state index is 6.08. The SMILES string of the molecule is CCOc1c(Cl)cc(N=C=S)cc1COC. The van der Waals surface area contributed by atoms with Gasteiger partial charge in [0.15, 0.2) is 0 Å². The summed E-state index contributed by atoms with van der Waals surface area (Å²) in [6.07, 6.45) is 0. The van der Waals surface area contributed by atoms with E-state index < -0.39 is 0 Å². The lowest BCUT2D eigenvalue weighted by Gasteiger charge is -2.12. The molecule has 0 N–H and O–H groups in total. The molecule has 0 amide bonds. The molecular formula is C11H12ClNO2S. The summed E-state index contributed by atoms with van der Waals surface area (Å²) in [7, 11) is 1.61. The zero-order valence-corrected chi connectivity index (χ0v) is 10.7. The molecule has 0 atom stereocenters. The van der Waals surface area contributed by atoms with Gasteiger partial charge in [-0.15, -0.1) is 0 Å². The van der Waals surface area contributed by atoms with Crippen molar-refractivity contribution in [1.82, 2.24) is 0 Å². The Labute approximate surface area is 105 Å². The Morgan fingerprint density at radius 3 is 2.81 bits per heavy atom. The minimum absolute atomic E-state index is 0.413. The summed E-state index contributed by atoms with van der Waals surface area (Å²) in [5.74, 6) is 0.634. The predicted molar refractivity (Wildman–Crippen MR) is 68.0 cm³/mol. The first-order valence-corrected chi connectivity index (χ1v) is 5.53. The third-order valence-electron chi connectivity index (χ3n) is 1.87. The van der Waals surface area contributed by atoms with Gasteiger partial charge in [0.2, 0.25) is 0 Å². The van der Waals surface area contributed by atoms with Gasteiger partial charge in [-0.05, 0) is 31.3 Å². The molecule has 0 bridgehead atoms. The second-order valence-electron chi connectivity index (χ2n) is 2.98. The Bertz CT molecular complexity index is 417. The number of rotatable bonds is 5. The number of isothiocyanates is 1. The predicted octanol–water partition coefficient (Wildman–Crippen LogP) is 3.62. The maximum Gasteiger partial charge on any atom is 0.143 e. The van der Waals surface area contributed by atoms with Crippen LogP contribution in [0.2, 0.25) is 5.02 Å². The minimum atomic E-state index is 0.413. The van der Waals surface area contributed by atoms with Crippen molar-refractivity contribution in [3.05, 3.63) is 22.7 Å². The Kier molecular flexibility index (Phi) is 5.43. The van der Waals surface area contributed by atoms with E-state index in [1.54, 1.807) is 13.2 Å². The molecule has 0 aliphatic carbocycles. The molecule has 86 valence electrons. The number of hydrogen-bond donors (Lipinski definition) is 0. The van der Waals surface area contributed by atoms with Gasteiger partial charge in [0.1, 0.15) is 5.75 Å². The molecule has 5 heteroatoms. The van der Waals surface area contributed by atoms with Crippen LogP contribution >= 0.6 is 23.8 Å². The number of thiocarbonyl (C=S) groups is 1. The monoisotopic (exact) mass is 257 g/mol. The Hall–Kier alpha value is -0.930. The molecule has 0 aromatic heterocycles. The highest BCUT2D eigenvalue weighted by Crippen LogP contribution is 2.34. The summed E-state index contributed by atoms with van der Waals surface area (Å²) in [5.41, 5.74) is 1.50. The average molecular weight is 258 g/mol. The summed E-state index contributed by atoms with van der Waals surface area (Å²) >= 11 is 10.6. The zero-order chi connectivity index (χ0) is 12.0. The second-order valence-corrected chi connectivity index (χ2v) is 3.57. The average Bonchev–Trinajstić information content (AvgIpc) is 2.24. The van der Waals surface area contributed by atoms with Crippen LogP contribution in [0.5, 0.6) is 5.75 Å². The molecule has 1 aromatic carbocycles. The van der Waals surface area contributed by atoms with E-state index in [2.05, 4.69) is 22.4 Å². The molecule has 0 saturated heterocycles. The minimum Gasteiger partial charge on any atom is -0.492 e. The highest BCUT2D eigenvalue weighted by Gasteiger charge is 2.10. The van der Waals surface area contributed by atoms with Crippen molar-refractivity contribution in [2.45, 2.75) is 13.5 Å². The first-order valence-electron chi connectivity index (χ1n) is 4.75. The van der Waals surface area contributed by atoms with Crippen molar-refractivity contribution in [3.63, 3.8) is 0 Å². The van der Waals surface area contributed by atoms with Crippen molar-refractivity contribution in [2.75, 3.05) is 13.7 Å². The molecule has 0 radical (unpaired) electrons. The third kappa shape index (κ3) is 3.29. The number of ether oxygens (including phenoxy) is 2. The number of benzene rings is 1. The number of halogens is 1. The van der Waals surface area contributed by atoms with Gasteiger partial charge in [-0.2, -0.15) is 4.99 Å². The van der Waals surface area contributed by atoms with Crippen LogP contribution < -0.4 is 4.74 Å². The third-order valence-corrected chi connectivity index (χ3v) is 2.24. The molecule has 0 fully saturated rings. The molecule has 3 nitrogen and oxygen atoms in total. The molecule has 0 saturated carbocycles. The van der Waals surface area contributed by atoms with Crippen molar-refractivity contribution in [3.8, 4) is 5.75 Å². The van der Waals surface area contributed by atoms with Crippen LogP contribution in [0.4, 0.5) is 5.69 Å². The second kappa shape index (κ2) is 6.61. The number of methoxy groups -OCH3 is 1. The fourth-order valence-corrected chi connectivity index (χ4v) is 1.71. The zero-order valence-electron chi connectivity index (χ0n) is 9.12. The number of nitrogens with zero attached hydrogens (tertiary/aromatic N) is 1. The van der Waals surface area contributed by atoms with Crippen molar-refractivity contribution in [2.24, 2.45) is 4.99 Å². The Balaban J connectivity index is 3.20. The van der Waals surface area contributed by atoms with Gasteiger partial charge < -0.3 is 9.47 Å². The highest BCUT2D eigenvalue weighted by molar-refractivity contribution is 7.78. The summed E-state index contributed by atoms with van der Waals surface area (Å²) in [5, 5.41) is 2.80. The maximum absolute atomic E-state index is 6.08. The van der Waals surface area contributed by atoms with E-state index in [4.69, 9.17) is 21.1 Å². The van der Waals surface area contributed by atoms with Gasteiger partial charge in [0.25, 0.3) is 0 Å². The quantitative estimate of drug-likeness (QED) is 0.596. The molecule has 1 aromatic rings. The van der Waals surface area contributed by atoms with Gasteiger partial charge in [-0.1, -0.05) is 11.6 Å². The first kappa shape index (κ1) is 13.1. The molecule has 0 spiro atoms. The van der Waals surface area contributed by atoms with E-state index in [0.717, 1.165) is 5.56 Å². The summed E-state index contributed by atoms with van der Waals surface area (Å²) < 4.78 is 10.5. The van der Waals surface area contributed by atoms with Crippen molar-refractivity contribution in [1.29, 1.82) is 0 Å². The van der Waals surface area contributed by atoms with Gasteiger partial charge in [-0.25, -0.2) is 0 Å². The van der Waals surface area contributed by atoms with Crippen LogP contribution in [0, 0.1) is 0 Å².